The number of amides is 1. The second kappa shape index (κ2) is 10.6. The first-order valence-electron chi connectivity index (χ1n) is 9.02. The molecular formula is C17H23BCl2N4O5S. The Morgan fingerprint density at radius 1 is 1.47 bits per heavy atom. The fourth-order valence-electron chi connectivity index (χ4n) is 3.02. The molecule has 1 amide bonds. The molecule has 1 heterocycles. The predicted octanol–water partition coefficient (Wildman–Crippen LogP) is 1.45. The standard InChI is InChI=1S/C17H23BCl2N4O5S/c1-18(26)23-6-7-24(14(10-23)11-29-30(2,27)28)15(9-21)16(20)17(25)22-13-5-3-4-12(19)8-13/h3-5,8-9,14,21,26H,6-7,10-11H2,1-2H3,(H,22,25)/b16-15-,21-9?. The van der Waals surface area contributed by atoms with E-state index in [0.29, 0.717) is 23.8 Å². The van der Waals surface area contributed by atoms with E-state index in [9.17, 15) is 18.2 Å². The number of halogens is 2. The van der Waals surface area contributed by atoms with Gasteiger partial charge in [-0.25, -0.2) is 0 Å². The first kappa shape index (κ1) is 24.6. The smallest absolute Gasteiger partial charge is 0.376 e. The summed E-state index contributed by atoms with van der Waals surface area (Å²) in [7, 11) is -4.45. The lowest BCUT2D eigenvalue weighted by atomic mass is 9.83. The third kappa shape index (κ3) is 6.97. The molecule has 1 aliphatic rings. The van der Waals surface area contributed by atoms with Crippen LogP contribution in [0.1, 0.15) is 0 Å². The van der Waals surface area contributed by atoms with Gasteiger partial charge >= 0.3 is 7.05 Å². The molecule has 30 heavy (non-hydrogen) atoms. The van der Waals surface area contributed by atoms with Crippen LogP contribution in [0, 0.1) is 5.41 Å². The summed E-state index contributed by atoms with van der Waals surface area (Å²) in [6.45, 7) is 2.35. The second-order valence-electron chi connectivity index (χ2n) is 6.77. The Labute approximate surface area is 186 Å². The van der Waals surface area contributed by atoms with Gasteiger partial charge in [-0.15, -0.1) is 0 Å². The van der Waals surface area contributed by atoms with E-state index < -0.39 is 29.1 Å². The van der Waals surface area contributed by atoms with Crippen molar-refractivity contribution < 1.29 is 22.4 Å². The minimum Gasteiger partial charge on any atom is -0.437 e. The zero-order valence-corrected chi connectivity index (χ0v) is 18.8. The number of benzene rings is 1. The summed E-state index contributed by atoms with van der Waals surface area (Å²) < 4.78 is 27.8. The minimum atomic E-state index is -3.70. The third-order valence-electron chi connectivity index (χ3n) is 4.47. The van der Waals surface area contributed by atoms with Gasteiger partial charge in [-0.05, 0) is 25.0 Å². The Morgan fingerprint density at radius 3 is 2.73 bits per heavy atom. The van der Waals surface area contributed by atoms with Crippen LogP contribution >= 0.6 is 23.2 Å². The van der Waals surface area contributed by atoms with Crippen LogP contribution in [0.15, 0.2) is 35.0 Å². The highest BCUT2D eigenvalue weighted by molar-refractivity contribution is 7.85. The maximum absolute atomic E-state index is 12.6. The van der Waals surface area contributed by atoms with Gasteiger partial charge in [0.2, 0.25) is 0 Å². The van der Waals surface area contributed by atoms with Gasteiger partial charge in [0.1, 0.15) is 5.03 Å². The van der Waals surface area contributed by atoms with Crippen LogP contribution in [-0.4, -0.2) is 80.9 Å². The number of hydrogen-bond acceptors (Lipinski definition) is 8. The molecule has 9 nitrogen and oxygen atoms in total. The highest BCUT2D eigenvalue weighted by Gasteiger charge is 2.33. The molecular weight excluding hydrogens is 454 g/mol. The zero-order valence-electron chi connectivity index (χ0n) is 16.5. The Morgan fingerprint density at radius 2 is 2.17 bits per heavy atom. The van der Waals surface area contributed by atoms with Crippen molar-refractivity contribution in [1.29, 1.82) is 5.41 Å². The Hall–Kier alpha value is -1.63. The van der Waals surface area contributed by atoms with Gasteiger partial charge in [0.15, 0.2) is 0 Å². The summed E-state index contributed by atoms with van der Waals surface area (Å²) in [5, 5.41) is 20.5. The molecule has 164 valence electrons. The molecule has 0 aliphatic carbocycles. The van der Waals surface area contributed by atoms with E-state index >= 15 is 0 Å². The maximum atomic E-state index is 12.6. The SMILES string of the molecule is CB(O)N1CCN(/C(C=N)=C(\Cl)C(=O)Nc2cccc(Cl)c2)C(COS(C)(=O)=O)C1. The monoisotopic (exact) mass is 476 g/mol. The van der Waals surface area contributed by atoms with Gasteiger partial charge in [-0.3, -0.25) is 8.98 Å². The van der Waals surface area contributed by atoms with Gasteiger partial charge in [0.05, 0.1) is 24.6 Å². The van der Waals surface area contributed by atoms with Crippen molar-refractivity contribution >= 4 is 58.2 Å². The van der Waals surface area contributed by atoms with Crippen molar-refractivity contribution in [1.82, 2.24) is 9.71 Å². The molecule has 2 rings (SSSR count). The van der Waals surface area contributed by atoms with Gasteiger partial charge in [0.25, 0.3) is 16.0 Å². The third-order valence-corrected chi connectivity index (χ3v) is 5.63. The summed E-state index contributed by atoms with van der Waals surface area (Å²) in [5.74, 6) is -0.641. The molecule has 3 N–H and O–H groups in total. The fourth-order valence-corrected chi connectivity index (χ4v) is 3.83. The summed E-state index contributed by atoms with van der Waals surface area (Å²) in [4.78, 5) is 16.0. The first-order chi connectivity index (χ1) is 14.0. The van der Waals surface area contributed by atoms with Gasteiger partial charge in [-0.1, -0.05) is 29.3 Å². The number of nitrogens with zero attached hydrogens (tertiary/aromatic N) is 2. The summed E-state index contributed by atoms with van der Waals surface area (Å²) >= 11 is 12.2. The Balaban J connectivity index is 2.28. The first-order valence-corrected chi connectivity index (χ1v) is 11.6. The second-order valence-corrected chi connectivity index (χ2v) is 9.23. The molecule has 1 aromatic carbocycles. The van der Waals surface area contributed by atoms with Crippen molar-refractivity contribution in [2.45, 2.75) is 12.9 Å². The minimum absolute atomic E-state index is 0.114. The number of carbonyl (C=O) groups excluding carboxylic acids is 1. The van der Waals surface area contributed by atoms with Crippen LogP contribution < -0.4 is 5.32 Å². The molecule has 0 spiro atoms. The molecule has 1 atom stereocenters. The molecule has 1 unspecified atom stereocenters. The number of rotatable bonds is 8. The molecule has 1 aromatic rings. The van der Waals surface area contributed by atoms with Crippen LogP contribution in [0.5, 0.6) is 0 Å². The lowest BCUT2D eigenvalue weighted by molar-refractivity contribution is -0.112. The van der Waals surface area contributed by atoms with E-state index in [1.807, 2.05) is 0 Å². The van der Waals surface area contributed by atoms with Crippen molar-refractivity contribution in [3.05, 3.63) is 40.0 Å². The average Bonchev–Trinajstić information content (AvgIpc) is 2.66. The van der Waals surface area contributed by atoms with Crippen molar-refractivity contribution in [2.24, 2.45) is 0 Å². The van der Waals surface area contributed by atoms with Gasteiger partial charge < -0.3 is 25.5 Å². The highest BCUT2D eigenvalue weighted by Crippen LogP contribution is 2.23. The largest absolute Gasteiger partial charge is 0.437 e. The lowest BCUT2D eigenvalue weighted by Crippen LogP contribution is -2.58. The number of carbonyl (C=O) groups is 1. The van der Waals surface area contributed by atoms with Crippen molar-refractivity contribution in [3.63, 3.8) is 0 Å². The van der Waals surface area contributed by atoms with Crippen LogP contribution in [-0.2, 0) is 19.1 Å². The van der Waals surface area contributed by atoms with Gasteiger partial charge in [0, 0.05) is 36.6 Å². The highest BCUT2D eigenvalue weighted by atomic mass is 35.5. The summed E-state index contributed by atoms with van der Waals surface area (Å²) in [5.41, 5.74) is 0.550. The fraction of sp³-hybridized carbons (Fsp3) is 0.412. The summed E-state index contributed by atoms with van der Waals surface area (Å²) in [6.07, 6.45) is 1.87. The number of allylic oxidation sites excluding steroid dienone is 1. The predicted molar refractivity (Wildman–Crippen MR) is 118 cm³/mol. The van der Waals surface area contributed by atoms with E-state index in [1.165, 1.54) is 0 Å². The number of hydrogen-bond donors (Lipinski definition) is 3. The average molecular weight is 477 g/mol. The molecule has 0 aromatic heterocycles. The zero-order chi connectivity index (χ0) is 22.5. The quantitative estimate of drug-likeness (QED) is 0.224. The molecule has 1 fully saturated rings. The molecule has 0 radical (unpaired) electrons. The number of piperazine rings is 1. The lowest BCUT2D eigenvalue weighted by Gasteiger charge is -2.43. The van der Waals surface area contributed by atoms with Gasteiger partial charge in [-0.2, -0.15) is 8.42 Å². The molecule has 1 aliphatic heterocycles. The molecule has 1 saturated heterocycles. The molecule has 0 saturated carbocycles. The van der Waals surface area contributed by atoms with E-state index in [1.54, 1.807) is 40.8 Å². The Bertz CT molecular complexity index is 928. The Kier molecular flexibility index (Phi) is 8.71. The van der Waals surface area contributed by atoms with E-state index in [2.05, 4.69) is 5.32 Å². The van der Waals surface area contributed by atoms with E-state index in [0.717, 1.165) is 12.5 Å². The molecule has 0 bridgehead atoms. The maximum Gasteiger partial charge on any atom is 0.376 e. The number of nitrogens with one attached hydrogen (secondary N) is 2. The topological polar surface area (TPSA) is 123 Å². The van der Waals surface area contributed by atoms with E-state index in [4.69, 9.17) is 32.8 Å². The van der Waals surface area contributed by atoms with E-state index in [-0.39, 0.29) is 23.9 Å². The van der Waals surface area contributed by atoms with Crippen LogP contribution in [0.4, 0.5) is 5.69 Å². The number of anilines is 1. The summed E-state index contributed by atoms with van der Waals surface area (Å²) in [6, 6.07) is 5.96. The van der Waals surface area contributed by atoms with Crippen LogP contribution in [0.3, 0.4) is 0 Å². The van der Waals surface area contributed by atoms with Crippen molar-refractivity contribution in [3.8, 4) is 0 Å². The molecule has 13 heteroatoms. The van der Waals surface area contributed by atoms with Crippen molar-refractivity contribution in [2.75, 3.05) is 37.8 Å². The van der Waals surface area contributed by atoms with Crippen LogP contribution in [0.2, 0.25) is 11.8 Å². The normalized spacial score (nSPS) is 18.6. The van der Waals surface area contributed by atoms with Crippen LogP contribution in [0.25, 0.3) is 0 Å².